The first kappa shape index (κ1) is 20.5. The standard InChI is InChI=1S/C21H20Cl2N4O3/c22-13-3-1-12(2-4-13)9-17-20(29)27-11-16(10-18(27)19(28)26-17)25-21(30)24-15-7-5-14(23)6-8-15/h1-8,16-18H,9-11H2,(H,26,28)(H2,24,25,30)/t16-,17-,18-/m0/s1. The van der Waals surface area contributed by atoms with Crippen molar-refractivity contribution in [3.8, 4) is 0 Å². The lowest BCUT2D eigenvalue weighted by Crippen LogP contribution is -2.61. The molecule has 3 N–H and O–H groups in total. The van der Waals surface area contributed by atoms with E-state index < -0.39 is 18.1 Å². The van der Waals surface area contributed by atoms with Crippen LogP contribution in [0.3, 0.4) is 0 Å². The molecule has 0 saturated carbocycles. The third kappa shape index (κ3) is 4.52. The molecule has 3 atom stereocenters. The van der Waals surface area contributed by atoms with Gasteiger partial charge in [0, 0.05) is 28.7 Å². The van der Waals surface area contributed by atoms with Crippen molar-refractivity contribution in [3.63, 3.8) is 0 Å². The number of hydrogen-bond acceptors (Lipinski definition) is 3. The lowest BCUT2D eigenvalue weighted by molar-refractivity contribution is -0.147. The summed E-state index contributed by atoms with van der Waals surface area (Å²) >= 11 is 11.7. The molecule has 0 aliphatic carbocycles. The molecule has 0 aromatic heterocycles. The summed E-state index contributed by atoms with van der Waals surface area (Å²) in [7, 11) is 0. The van der Waals surface area contributed by atoms with E-state index in [2.05, 4.69) is 16.0 Å². The minimum Gasteiger partial charge on any atom is -0.342 e. The molecule has 2 fully saturated rings. The number of nitrogens with one attached hydrogen (secondary N) is 3. The van der Waals surface area contributed by atoms with Crippen LogP contribution in [0.1, 0.15) is 12.0 Å². The predicted molar refractivity (Wildman–Crippen MR) is 115 cm³/mol. The molecule has 0 bridgehead atoms. The topological polar surface area (TPSA) is 90.5 Å². The van der Waals surface area contributed by atoms with Crippen LogP contribution >= 0.6 is 23.2 Å². The first-order valence-electron chi connectivity index (χ1n) is 9.57. The van der Waals surface area contributed by atoms with Gasteiger partial charge >= 0.3 is 6.03 Å². The van der Waals surface area contributed by atoms with Gasteiger partial charge in [0.05, 0.1) is 6.04 Å². The Balaban J connectivity index is 1.36. The number of piperazine rings is 1. The zero-order chi connectivity index (χ0) is 21.3. The number of nitrogens with zero attached hydrogens (tertiary/aromatic N) is 1. The molecule has 30 heavy (non-hydrogen) atoms. The van der Waals surface area contributed by atoms with Crippen molar-refractivity contribution < 1.29 is 14.4 Å². The molecule has 4 rings (SSSR count). The van der Waals surface area contributed by atoms with Crippen molar-refractivity contribution in [1.29, 1.82) is 0 Å². The largest absolute Gasteiger partial charge is 0.342 e. The van der Waals surface area contributed by atoms with E-state index in [4.69, 9.17) is 23.2 Å². The van der Waals surface area contributed by atoms with Gasteiger partial charge in [0.2, 0.25) is 11.8 Å². The van der Waals surface area contributed by atoms with E-state index in [0.717, 1.165) is 5.56 Å². The molecule has 2 aromatic rings. The normalized spacial score (nSPS) is 23.0. The fourth-order valence-electron chi connectivity index (χ4n) is 3.84. The summed E-state index contributed by atoms with van der Waals surface area (Å²) in [5.41, 5.74) is 1.51. The number of halogens is 2. The van der Waals surface area contributed by atoms with Gasteiger partial charge in [-0.15, -0.1) is 0 Å². The highest BCUT2D eigenvalue weighted by Crippen LogP contribution is 2.24. The first-order chi connectivity index (χ1) is 14.4. The molecule has 4 amide bonds. The lowest BCUT2D eigenvalue weighted by atomic mass is 10.0. The second kappa shape index (κ2) is 8.53. The van der Waals surface area contributed by atoms with E-state index in [9.17, 15) is 14.4 Å². The second-order valence-corrected chi connectivity index (χ2v) is 8.31. The van der Waals surface area contributed by atoms with Crippen molar-refractivity contribution >= 4 is 46.7 Å². The third-order valence-corrected chi connectivity index (χ3v) is 5.80. The minimum atomic E-state index is -0.628. The lowest BCUT2D eigenvalue weighted by Gasteiger charge is -2.34. The van der Waals surface area contributed by atoms with Gasteiger partial charge in [-0.05, 0) is 48.4 Å². The number of anilines is 1. The van der Waals surface area contributed by atoms with Crippen molar-refractivity contribution in [1.82, 2.24) is 15.5 Å². The zero-order valence-electron chi connectivity index (χ0n) is 15.9. The van der Waals surface area contributed by atoms with Crippen LogP contribution in [0.4, 0.5) is 10.5 Å². The maximum absolute atomic E-state index is 12.9. The van der Waals surface area contributed by atoms with Crippen LogP contribution in [0, 0.1) is 0 Å². The molecule has 2 saturated heterocycles. The highest BCUT2D eigenvalue weighted by atomic mass is 35.5. The predicted octanol–water partition coefficient (Wildman–Crippen LogP) is 2.83. The SMILES string of the molecule is O=C(Nc1ccc(Cl)cc1)N[C@H]1C[C@H]2C(=O)N[C@@H](Cc3ccc(Cl)cc3)C(=O)N2C1. The van der Waals surface area contributed by atoms with Crippen LogP contribution in [-0.4, -0.2) is 47.4 Å². The van der Waals surface area contributed by atoms with Gasteiger partial charge in [0.1, 0.15) is 12.1 Å². The summed E-state index contributed by atoms with van der Waals surface area (Å²) in [6.07, 6.45) is 0.763. The minimum absolute atomic E-state index is 0.142. The summed E-state index contributed by atoms with van der Waals surface area (Å²) in [6.45, 7) is 0.294. The van der Waals surface area contributed by atoms with Gasteiger partial charge in [0.25, 0.3) is 0 Å². The summed E-state index contributed by atoms with van der Waals surface area (Å²) in [6, 6.07) is 12.0. The Labute approximate surface area is 183 Å². The number of carbonyl (C=O) groups excluding carboxylic acids is 3. The third-order valence-electron chi connectivity index (χ3n) is 5.29. The van der Waals surface area contributed by atoms with Crippen LogP contribution in [0.15, 0.2) is 48.5 Å². The van der Waals surface area contributed by atoms with Crippen molar-refractivity contribution in [2.45, 2.75) is 31.0 Å². The van der Waals surface area contributed by atoms with Gasteiger partial charge in [-0.3, -0.25) is 9.59 Å². The molecule has 156 valence electrons. The molecule has 2 aromatic carbocycles. The van der Waals surface area contributed by atoms with E-state index in [1.165, 1.54) is 0 Å². The number of amides is 4. The number of hydrogen-bond donors (Lipinski definition) is 3. The molecule has 2 aliphatic heterocycles. The Morgan fingerprint density at radius 3 is 2.33 bits per heavy atom. The number of benzene rings is 2. The fraction of sp³-hybridized carbons (Fsp3) is 0.286. The zero-order valence-corrected chi connectivity index (χ0v) is 17.4. The van der Waals surface area contributed by atoms with Gasteiger partial charge in [-0.25, -0.2) is 4.79 Å². The van der Waals surface area contributed by atoms with Crippen LogP contribution in [0.2, 0.25) is 10.0 Å². The van der Waals surface area contributed by atoms with Gasteiger partial charge < -0.3 is 20.9 Å². The van der Waals surface area contributed by atoms with Gasteiger partial charge in [-0.2, -0.15) is 0 Å². The first-order valence-corrected chi connectivity index (χ1v) is 10.3. The number of urea groups is 1. The Hall–Kier alpha value is -2.77. The van der Waals surface area contributed by atoms with Crippen LogP contribution in [0.5, 0.6) is 0 Å². The van der Waals surface area contributed by atoms with Gasteiger partial charge in [-0.1, -0.05) is 35.3 Å². The summed E-state index contributed by atoms with van der Waals surface area (Å²) < 4.78 is 0. The average molecular weight is 447 g/mol. The van der Waals surface area contributed by atoms with Crippen molar-refractivity contribution in [2.24, 2.45) is 0 Å². The maximum atomic E-state index is 12.9. The Morgan fingerprint density at radius 2 is 1.67 bits per heavy atom. The number of fused-ring (bicyclic) bond motifs is 1. The summed E-state index contributed by atoms with van der Waals surface area (Å²) in [5, 5.41) is 9.57. The van der Waals surface area contributed by atoms with Crippen LogP contribution in [-0.2, 0) is 16.0 Å². The number of rotatable bonds is 4. The highest BCUT2D eigenvalue weighted by molar-refractivity contribution is 6.30. The van der Waals surface area contributed by atoms with Crippen molar-refractivity contribution in [3.05, 3.63) is 64.1 Å². The monoisotopic (exact) mass is 446 g/mol. The Bertz CT molecular complexity index is 965. The fourth-order valence-corrected chi connectivity index (χ4v) is 4.09. The smallest absolute Gasteiger partial charge is 0.319 e. The van der Waals surface area contributed by atoms with E-state index in [0.29, 0.717) is 35.1 Å². The van der Waals surface area contributed by atoms with E-state index in [1.807, 2.05) is 12.1 Å². The van der Waals surface area contributed by atoms with Crippen LogP contribution in [0.25, 0.3) is 0 Å². The maximum Gasteiger partial charge on any atom is 0.319 e. The molecule has 0 unspecified atom stereocenters. The van der Waals surface area contributed by atoms with E-state index in [1.54, 1.807) is 41.3 Å². The molecule has 2 heterocycles. The molecule has 9 heteroatoms. The Kier molecular flexibility index (Phi) is 5.83. The average Bonchev–Trinajstić information content (AvgIpc) is 3.14. The molecular formula is C21H20Cl2N4O3. The molecular weight excluding hydrogens is 427 g/mol. The van der Waals surface area contributed by atoms with Crippen LogP contribution < -0.4 is 16.0 Å². The summed E-state index contributed by atoms with van der Waals surface area (Å²) in [5.74, 6) is -0.340. The highest BCUT2D eigenvalue weighted by Gasteiger charge is 2.46. The molecule has 2 aliphatic rings. The second-order valence-electron chi connectivity index (χ2n) is 7.44. The quantitative estimate of drug-likeness (QED) is 0.674. The number of carbonyl (C=O) groups is 3. The van der Waals surface area contributed by atoms with Crippen molar-refractivity contribution in [2.75, 3.05) is 11.9 Å². The van der Waals surface area contributed by atoms with E-state index in [-0.39, 0.29) is 17.9 Å². The summed E-state index contributed by atoms with van der Waals surface area (Å²) in [4.78, 5) is 39.3. The van der Waals surface area contributed by atoms with E-state index >= 15 is 0 Å². The van der Waals surface area contributed by atoms with Gasteiger partial charge in [0.15, 0.2) is 0 Å². The molecule has 0 radical (unpaired) electrons. The Morgan fingerprint density at radius 1 is 1.03 bits per heavy atom. The molecule has 0 spiro atoms. The molecule has 7 nitrogen and oxygen atoms in total.